The van der Waals surface area contributed by atoms with Crippen molar-refractivity contribution in [3.8, 4) is 5.75 Å². The van der Waals surface area contributed by atoms with Crippen LogP contribution in [0, 0.1) is 0 Å². The first-order valence-electron chi connectivity index (χ1n) is 4.00. The van der Waals surface area contributed by atoms with Crippen molar-refractivity contribution in [1.82, 2.24) is 0 Å². The number of carbonyl (C=O) groups is 1. The fraction of sp³-hybridized carbons (Fsp3) is 0.222. The first-order chi connectivity index (χ1) is 6.19. The van der Waals surface area contributed by atoms with Gasteiger partial charge in [-0.2, -0.15) is 0 Å². The first-order valence-corrected chi connectivity index (χ1v) is 4.00. The number of aldehydes is 1. The average Bonchev–Trinajstić information content (AvgIpc) is 2.16. The van der Waals surface area contributed by atoms with E-state index < -0.39 is 6.92 Å². The van der Waals surface area contributed by atoms with Crippen LogP contribution in [0.5, 0.6) is 5.75 Å². The number of carbonyl (C=O) groups excluding carboxylic acids is 1. The summed E-state index contributed by atoms with van der Waals surface area (Å²) in [6, 6.07) is 5.01. The lowest BCUT2D eigenvalue weighted by Gasteiger charge is -2.06. The van der Waals surface area contributed by atoms with E-state index in [9.17, 15) is 9.82 Å². The summed E-state index contributed by atoms with van der Waals surface area (Å²) < 4.78 is 4.95. The van der Waals surface area contributed by atoms with Gasteiger partial charge in [0.05, 0.1) is 7.11 Å². The molecule has 4 heteroatoms. The summed E-state index contributed by atoms with van der Waals surface area (Å²) in [5.74, 6) is 0.617. The SMILES string of the molecule is COc1ccc(B(C)O)c(C=O)c1. The maximum absolute atomic E-state index is 10.6. The molecule has 0 fully saturated rings. The second-order valence-electron chi connectivity index (χ2n) is 2.79. The zero-order valence-corrected chi connectivity index (χ0v) is 7.65. The molecule has 0 saturated carbocycles. The zero-order valence-electron chi connectivity index (χ0n) is 7.65. The van der Waals surface area contributed by atoms with Gasteiger partial charge < -0.3 is 9.76 Å². The van der Waals surface area contributed by atoms with E-state index in [0.29, 0.717) is 23.1 Å². The van der Waals surface area contributed by atoms with Gasteiger partial charge in [0.25, 0.3) is 0 Å². The Morgan fingerprint density at radius 2 is 2.23 bits per heavy atom. The van der Waals surface area contributed by atoms with Gasteiger partial charge in [0.1, 0.15) is 12.0 Å². The van der Waals surface area contributed by atoms with Crippen LogP contribution >= 0.6 is 0 Å². The molecule has 0 heterocycles. The van der Waals surface area contributed by atoms with Crippen molar-refractivity contribution in [3.05, 3.63) is 23.8 Å². The molecule has 0 radical (unpaired) electrons. The van der Waals surface area contributed by atoms with Crippen LogP contribution in [0.15, 0.2) is 18.2 Å². The van der Waals surface area contributed by atoms with Gasteiger partial charge in [-0.25, -0.2) is 0 Å². The van der Waals surface area contributed by atoms with Gasteiger partial charge in [0, 0.05) is 5.56 Å². The molecule has 0 aliphatic rings. The predicted octanol–water partition coefficient (Wildman–Crippen LogP) is 0.328. The van der Waals surface area contributed by atoms with E-state index in [1.54, 1.807) is 25.0 Å². The van der Waals surface area contributed by atoms with Crippen LogP contribution < -0.4 is 10.2 Å². The van der Waals surface area contributed by atoms with Gasteiger partial charge in [-0.05, 0) is 17.6 Å². The summed E-state index contributed by atoms with van der Waals surface area (Å²) in [5.41, 5.74) is 1.09. The van der Waals surface area contributed by atoms with E-state index in [4.69, 9.17) is 4.74 Å². The van der Waals surface area contributed by atoms with E-state index in [1.807, 2.05) is 0 Å². The van der Waals surface area contributed by atoms with Crippen LogP contribution in [-0.2, 0) is 0 Å². The van der Waals surface area contributed by atoms with E-state index >= 15 is 0 Å². The monoisotopic (exact) mass is 178 g/mol. The Labute approximate surface area is 77.5 Å². The minimum absolute atomic E-state index is 0.467. The van der Waals surface area contributed by atoms with E-state index in [0.717, 1.165) is 0 Å². The van der Waals surface area contributed by atoms with Gasteiger partial charge in [-0.1, -0.05) is 12.9 Å². The summed E-state index contributed by atoms with van der Waals surface area (Å²) in [4.78, 5) is 10.6. The lowest BCUT2D eigenvalue weighted by atomic mass is 9.63. The highest BCUT2D eigenvalue weighted by atomic mass is 16.5. The molecule has 0 saturated heterocycles. The summed E-state index contributed by atoms with van der Waals surface area (Å²) in [7, 11) is 1.53. The Balaban J connectivity index is 3.15. The minimum atomic E-state index is -0.633. The fourth-order valence-corrected chi connectivity index (χ4v) is 1.16. The largest absolute Gasteiger partial charge is 0.497 e. The molecule has 0 aromatic heterocycles. The topological polar surface area (TPSA) is 46.5 Å². The molecule has 0 bridgehead atoms. The van der Waals surface area contributed by atoms with Gasteiger partial charge >= 0.3 is 6.92 Å². The highest BCUT2D eigenvalue weighted by Gasteiger charge is 2.11. The van der Waals surface area contributed by atoms with Crippen LogP contribution in [0.1, 0.15) is 10.4 Å². The Hall–Kier alpha value is -1.29. The first kappa shape index (κ1) is 9.80. The molecule has 1 rings (SSSR count). The molecule has 0 aliphatic carbocycles. The maximum Gasteiger partial charge on any atom is 0.321 e. The number of benzene rings is 1. The fourth-order valence-electron chi connectivity index (χ4n) is 1.16. The second-order valence-corrected chi connectivity index (χ2v) is 2.79. The van der Waals surface area contributed by atoms with Gasteiger partial charge in [0.2, 0.25) is 0 Å². The molecule has 1 N–H and O–H groups in total. The maximum atomic E-state index is 10.6. The van der Waals surface area contributed by atoms with Crippen molar-refractivity contribution in [2.24, 2.45) is 0 Å². The number of methoxy groups -OCH3 is 1. The molecule has 3 nitrogen and oxygen atoms in total. The molecule has 68 valence electrons. The second kappa shape index (κ2) is 4.09. The lowest BCUT2D eigenvalue weighted by Crippen LogP contribution is -2.29. The van der Waals surface area contributed by atoms with Gasteiger partial charge in [-0.15, -0.1) is 0 Å². The Kier molecular flexibility index (Phi) is 3.09. The number of hydrogen-bond donors (Lipinski definition) is 1. The number of ether oxygens (including phenoxy) is 1. The highest BCUT2D eigenvalue weighted by molar-refractivity contribution is 6.66. The van der Waals surface area contributed by atoms with E-state index in [2.05, 4.69) is 0 Å². The zero-order chi connectivity index (χ0) is 9.84. The van der Waals surface area contributed by atoms with Crippen molar-refractivity contribution in [3.63, 3.8) is 0 Å². The normalized spacial score (nSPS) is 9.46. The van der Waals surface area contributed by atoms with Crippen molar-refractivity contribution < 1.29 is 14.6 Å². The highest BCUT2D eigenvalue weighted by Crippen LogP contribution is 2.09. The molecule has 13 heavy (non-hydrogen) atoms. The van der Waals surface area contributed by atoms with Crippen molar-refractivity contribution >= 4 is 18.7 Å². The quantitative estimate of drug-likeness (QED) is 0.535. The number of rotatable bonds is 3. The molecule has 0 aliphatic heterocycles. The lowest BCUT2D eigenvalue weighted by molar-refractivity contribution is 0.112. The smallest absolute Gasteiger partial charge is 0.321 e. The Morgan fingerprint density at radius 1 is 1.54 bits per heavy atom. The summed E-state index contributed by atoms with van der Waals surface area (Å²) in [5, 5.41) is 9.30. The standard InChI is InChI=1S/C9H11BO3/c1-10(12)9-4-3-8(13-2)5-7(9)6-11/h3-6,12H,1-2H3. The van der Waals surface area contributed by atoms with Crippen LogP contribution in [0.2, 0.25) is 6.82 Å². The predicted molar refractivity (Wildman–Crippen MR) is 51.9 cm³/mol. The molecule has 0 atom stereocenters. The van der Waals surface area contributed by atoms with E-state index in [1.165, 1.54) is 7.11 Å². The molecule has 1 aromatic carbocycles. The van der Waals surface area contributed by atoms with Crippen LogP contribution in [0.25, 0.3) is 0 Å². The molecule has 0 spiro atoms. The van der Waals surface area contributed by atoms with Crippen LogP contribution in [-0.4, -0.2) is 25.3 Å². The van der Waals surface area contributed by atoms with Gasteiger partial charge in [-0.3, -0.25) is 4.79 Å². The summed E-state index contributed by atoms with van der Waals surface area (Å²) >= 11 is 0. The molecular formula is C9H11BO3. The van der Waals surface area contributed by atoms with Crippen LogP contribution in [0.4, 0.5) is 0 Å². The summed E-state index contributed by atoms with van der Waals surface area (Å²) in [6.07, 6.45) is 0.713. The third-order valence-corrected chi connectivity index (χ3v) is 1.87. The average molecular weight is 178 g/mol. The molecule has 1 aromatic rings. The van der Waals surface area contributed by atoms with Crippen molar-refractivity contribution in [2.75, 3.05) is 7.11 Å². The third kappa shape index (κ3) is 2.09. The Bertz CT molecular complexity index is 310. The van der Waals surface area contributed by atoms with Gasteiger partial charge in [0.15, 0.2) is 0 Å². The van der Waals surface area contributed by atoms with Crippen molar-refractivity contribution in [1.29, 1.82) is 0 Å². The van der Waals surface area contributed by atoms with Crippen LogP contribution in [0.3, 0.4) is 0 Å². The number of hydrogen-bond acceptors (Lipinski definition) is 3. The Morgan fingerprint density at radius 3 is 2.69 bits per heavy atom. The van der Waals surface area contributed by atoms with E-state index in [-0.39, 0.29) is 0 Å². The molecule has 0 unspecified atom stereocenters. The minimum Gasteiger partial charge on any atom is -0.497 e. The molecule has 0 amide bonds. The third-order valence-electron chi connectivity index (χ3n) is 1.87. The molecular weight excluding hydrogens is 167 g/mol. The summed E-state index contributed by atoms with van der Waals surface area (Å²) in [6.45, 7) is 0.987. The van der Waals surface area contributed by atoms with Crippen molar-refractivity contribution in [2.45, 2.75) is 6.82 Å².